The molecule has 0 saturated carbocycles. The zero-order valence-corrected chi connectivity index (χ0v) is 30.3. The molecule has 0 aliphatic heterocycles. The Balaban J connectivity index is 1.37. The van der Waals surface area contributed by atoms with Crippen LogP contribution >= 0.6 is 0 Å². The average molecular weight is 689 g/mol. The molecule has 0 radical (unpaired) electrons. The van der Waals surface area contributed by atoms with Crippen LogP contribution in [0.15, 0.2) is 231 Å². The van der Waals surface area contributed by atoms with E-state index in [-0.39, 0.29) is 0 Å². The summed E-state index contributed by atoms with van der Waals surface area (Å²) in [5, 5.41) is 7.12. The van der Waals surface area contributed by atoms with Gasteiger partial charge in [-0.15, -0.1) is 0 Å². The second kappa shape index (κ2) is 15.3. The number of rotatable bonds is 10. The van der Waals surface area contributed by atoms with Crippen molar-refractivity contribution in [3.8, 4) is 33.4 Å². The second-order valence-electron chi connectivity index (χ2n) is 13.5. The van der Waals surface area contributed by atoms with Crippen LogP contribution in [-0.4, -0.2) is 0 Å². The van der Waals surface area contributed by atoms with E-state index in [2.05, 4.69) is 195 Å². The normalized spacial score (nSPS) is 11.9. The topological polar surface area (TPSA) is 0 Å². The highest BCUT2D eigenvalue weighted by Crippen LogP contribution is 2.45. The maximum absolute atomic E-state index is 4.73. The monoisotopic (exact) mass is 688 g/mol. The minimum absolute atomic E-state index is 0.895. The van der Waals surface area contributed by atoms with Crippen molar-refractivity contribution in [2.75, 3.05) is 0 Å². The van der Waals surface area contributed by atoms with Crippen LogP contribution in [-0.2, 0) is 0 Å². The Bertz CT molecular complexity index is 2770. The molecule has 0 saturated heterocycles. The van der Waals surface area contributed by atoms with Gasteiger partial charge in [0.2, 0.25) is 0 Å². The van der Waals surface area contributed by atoms with Crippen molar-refractivity contribution in [1.29, 1.82) is 0 Å². The lowest BCUT2D eigenvalue weighted by molar-refractivity contribution is 1.57. The number of hydrogen-bond donors (Lipinski definition) is 0. The van der Waals surface area contributed by atoms with Crippen molar-refractivity contribution in [2.45, 2.75) is 0 Å². The summed E-state index contributed by atoms with van der Waals surface area (Å²) < 4.78 is 0. The predicted octanol–water partition coefficient (Wildman–Crippen LogP) is 15.1. The summed E-state index contributed by atoms with van der Waals surface area (Å²) in [7, 11) is 0. The molecule has 0 heteroatoms. The molecule has 0 aromatic heterocycles. The van der Waals surface area contributed by atoms with Crippen LogP contribution in [0.5, 0.6) is 0 Å². The average Bonchev–Trinajstić information content (AvgIpc) is 3.23. The smallest absolute Gasteiger partial charge is 0.00259 e. The van der Waals surface area contributed by atoms with Crippen molar-refractivity contribution < 1.29 is 0 Å². The Morgan fingerprint density at radius 3 is 1.69 bits per heavy atom. The summed E-state index contributed by atoms with van der Waals surface area (Å²) in [6, 6.07) is 60.8. The van der Waals surface area contributed by atoms with Crippen LogP contribution in [0.4, 0.5) is 0 Å². The van der Waals surface area contributed by atoms with E-state index in [1.807, 2.05) is 18.2 Å². The quantitative estimate of drug-likeness (QED) is 0.0991. The van der Waals surface area contributed by atoms with Crippen LogP contribution in [0.1, 0.15) is 11.1 Å². The van der Waals surface area contributed by atoms with E-state index in [4.69, 9.17) is 6.58 Å². The van der Waals surface area contributed by atoms with Gasteiger partial charge in [-0.25, -0.2) is 0 Å². The van der Waals surface area contributed by atoms with E-state index >= 15 is 0 Å². The fourth-order valence-corrected chi connectivity index (χ4v) is 7.48. The van der Waals surface area contributed by atoms with Gasteiger partial charge in [0.15, 0.2) is 0 Å². The van der Waals surface area contributed by atoms with Crippen LogP contribution < -0.4 is 0 Å². The van der Waals surface area contributed by atoms with Gasteiger partial charge in [-0.05, 0) is 118 Å². The largest absolute Gasteiger partial charge is 0.0991 e. The molecule has 0 spiro atoms. The molecule has 0 unspecified atom stereocenters. The predicted molar refractivity (Wildman–Crippen MR) is 236 cm³/mol. The van der Waals surface area contributed by atoms with Gasteiger partial charge in [0, 0.05) is 0 Å². The summed E-state index contributed by atoms with van der Waals surface area (Å²) in [4.78, 5) is 0. The van der Waals surface area contributed by atoms with E-state index in [0.29, 0.717) is 0 Å². The van der Waals surface area contributed by atoms with Crippen LogP contribution in [0.2, 0.25) is 0 Å². The maximum Gasteiger partial charge on any atom is -0.00259 e. The lowest BCUT2D eigenvalue weighted by Gasteiger charge is -2.20. The Labute approximate surface area is 318 Å². The number of fused-ring (bicyclic) bond motifs is 3. The van der Waals surface area contributed by atoms with Crippen molar-refractivity contribution >= 4 is 44.0 Å². The minimum Gasteiger partial charge on any atom is -0.0991 e. The number of benzene rings is 8. The fourth-order valence-electron chi connectivity index (χ4n) is 7.48. The van der Waals surface area contributed by atoms with Gasteiger partial charge in [0.25, 0.3) is 0 Å². The SMILES string of the molecule is C=C/C=C\C(=C)C(/C=C\C(=C)c1c2ccccc2c(-c2ccc(-c3ccccc3)c(-c3ccccc3)c2)c2cc3ccccc3cc12)=C\c1ccccc1. The molecule has 256 valence electrons. The molecule has 8 aromatic rings. The Kier molecular flexibility index (Phi) is 9.66. The molecule has 0 heterocycles. The lowest BCUT2D eigenvalue weighted by Crippen LogP contribution is -1.94. The molecule has 8 aromatic carbocycles. The molecule has 54 heavy (non-hydrogen) atoms. The Morgan fingerprint density at radius 1 is 0.444 bits per heavy atom. The summed E-state index contributed by atoms with van der Waals surface area (Å²) in [5.41, 5.74) is 12.3. The summed E-state index contributed by atoms with van der Waals surface area (Å²) in [6.07, 6.45) is 12.1. The first-order valence-electron chi connectivity index (χ1n) is 18.3. The molecule has 0 aliphatic rings. The summed E-state index contributed by atoms with van der Waals surface area (Å²) in [6.45, 7) is 13.0. The van der Waals surface area contributed by atoms with Gasteiger partial charge < -0.3 is 0 Å². The van der Waals surface area contributed by atoms with Crippen molar-refractivity contribution in [3.63, 3.8) is 0 Å². The first-order chi connectivity index (χ1) is 26.6. The van der Waals surface area contributed by atoms with Crippen molar-refractivity contribution in [2.24, 2.45) is 0 Å². The van der Waals surface area contributed by atoms with Gasteiger partial charge in [-0.1, -0.05) is 202 Å². The molecule has 0 aliphatic carbocycles. The van der Waals surface area contributed by atoms with E-state index < -0.39 is 0 Å². The molecule has 0 nitrogen and oxygen atoms in total. The number of allylic oxidation sites excluding steroid dienone is 8. The van der Waals surface area contributed by atoms with Crippen LogP contribution in [0, 0.1) is 0 Å². The lowest BCUT2D eigenvalue weighted by atomic mass is 9.83. The third kappa shape index (κ3) is 6.82. The standard InChI is InChI=1S/C54H40/c1-4-5-19-38(2)43(34-40-20-9-6-10-21-40)31-30-39(3)53-48-28-17-18-29-49(48)54(52-36-45-27-16-15-26-44(45)35-51(52)53)46-32-33-47(41-22-11-7-12-23-41)50(37-46)42-24-13-8-14-25-42/h4-37H,1-3H2/b19-5-,31-30-,43-34-. The molecule has 0 fully saturated rings. The van der Waals surface area contributed by atoms with Gasteiger partial charge >= 0.3 is 0 Å². The Hall–Kier alpha value is -7.02. The second-order valence-corrected chi connectivity index (χ2v) is 13.5. The van der Waals surface area contributed by atoms with Gasteiger partial charge in [-0.2, -0.15) is 0 Å². The van der Waals surface area contributed by atoms with E-state index in [0.717, 1.165) is 33.2 Å². The van der Waals surface area contributed by atoms with Crippen LogP contribution in [0.3, 0.4) is 0 Å². The molecule has 8 rings (SSSR count). The summed E-state index contributed by atoms with van der Waals surface area (Å²) in [5.74, 6) is 0. The highest BCUT2D eigenvalue weighted by molar-refractivity contribution is 6.22. The molecule has 0 N–H and O–H groups in total. The molecule has 0 amide bonds. The van der Waals surface area contributed by atoms with E-state index in [1.165, 1.54) is 60.3 Å². The minimum atomic E-state index is 0.895. The highest BCUT2D eigenvalue weighted by Gasteiger charge is 2.19. The molecular weight excluding hydrogens is 649 g/mol. The highest BCUT2D eigenvalue weighted by atomic mass is 14.2. The zero-order chi connectivity index (χ0) is 36.9. The number of hydrogen-bond acceptors (Lipinski definition) is 0. The van der Waals surface area contributed by atoms with Crippen molar-refractivity contribution in [1.82, 2.24) is 0 Å². The van der Waals surface area contributed by atoms with E-state index in [9.17, 15) is 0 Å². The summed E-state index contributed by atoms with van der Waals surface area (Å²) >= 11 is 0. The third-order valence-corrected chi connectivity index (χ3v) is 10.1. The maximum atomic E-state index is 4.73. The van der Waals surface area contributed by atoms with Gasteiger partial charge in [-0.3, -0.25) is 0 Å². The zero-order valence-electron chi connectivity index (χ0n) is 30.3. The van der Waals surface area contributed by atoms with Gasteiger partial charge in [0.05, 0.1) is 0 Å². The molecule has 0 atom stereocenters. The van der Waals surface area contributed by atoms with Crippen LogP contribution in [0.25, 0.3) is 77.3 Å². The van der Waals surface area contributed by atoms with Gasteiger partial charge in [0.1, 0.15) is 0 Å². The molecule has 0 bridgehead atoms. The Morgan fingerprint density at radius 2 is 1.02 bits per heavy atom. The molecular formula is C54H40. The first kappa shape index (κ1) is 34.1. The third-order valence-electron chi connectivity index (χ3n) is 10.1. The van der Waals surface area contributed by atoms with E-state index in [1.54, 1.807) is 6.08 Å². The van der Waals surface area contributed by atoms with Crippen molar-refractivity contribution in [3.05, 3.63) is 242 Å². The fraction of sp³-hybridized carbons (Fsp3) is 0. The first-order valence-corrected chi connectivity index (χ1v) is 18.3.